The summed E-state index contributed by atoms with van der Waals surface area (Å²) in [5.74, 6) is 1.59. The standard InChI is InChI=1S/C7H10/c1-2-6-4-7(3-1)5-6/h1-2,6-7H,3-5H2/i3D/t3-,6?,7?/m1/s1. The minimum absolute atomic E-state index is 0.139. The van der Waals surface area contributed by atoms with Crippen LogP contribution in [0.4, 0.5) is 0 Å². The molecule has 0 unspecified atom stereocenters. The van der Waals surface area contributed by atoms with Gasteiger partial charge in [0.15, 0.2) is 0 Å². The topological polar surface area (TPSA) is 0 Å². The predicted octanol–water partition coefficient (Wildman–Crippen LogP) is 1.97. The molecule has 0 spiro atoms. The van der Waals surface area contributed by atoms with Crippen LogP contribution in [0.5, 0.6) is 0 Å². The second-order valence-corrected chi connectivity index (χ2v) is 2.57. The zero-order valence-electron chi connectivity index (χ0n) is 5.30. The maximum Gasteiger partial charge on any atom is 0.0312 e. The number of hydrogen-bond donors (Lipinski definition) is 0. The molecule has 0 nitrogen and oxygen atoms in total. The van der Waals surface area contributed by atoms with E-state index in [-0.39, 0.29) is 6.40 Å². The third kappa shape index (κ3) is 0.425. The lowest BCUT2D eigenvalue weighted by Crippen LogP contribution is -2.24. The summed E-state index contributed by atoms with van der Waals surface area (Å²) in [4.78, 5) is 0. The van der Waals surface area contributed by atoms with E-state index in [1.807, 2.05) is 6.08 Å². The van der Waals surface area contributed by atoms with Crippen molar-refractivity contribution in [1.29, 1.82) is 0 Å². The first-order valence-corrected chi connectivity index (χ1v) is 2.97. The molecule has 3 aliphatic carbocycles. The molecule has 0 heteroatoms. The van der Waals surface area contributed by atoms with Gasteiger partial charge in [-0.05, 0) is 31.1 Å². The zero-order valence-corrected chi connectivity index (χ0v) is 4.30. The largest absolute Gasteiger partial charge is 0.0880 e. The van der Waals surface area contributed by atoms with Crippen LogP contribution in [0.1, 0.15) is 20.6 Å². The summed E-state index contributed by atoms with van der Waals surface area (Å²) in [6.07, 6.45) is 6.98. The number of rotatable bonds is 0. The fourth-order valence-electron chi connectivity index (χ4n) is 1.40. The van der Waals surface area contributed by atoms with Crippen LogP contribution in [0.25, 0.3) is 0 Å². The van der Waals surface area contributed by atoms with E-state index >= 15 is 0 Å². The summed E-state index contributed by atoms with van der Waals surface area (Å²) in [5, 5.41) is 0. The van der Waals surface area contributed by atoms with Gasteiger partial charge in [0.05, 0.1) is 0 Å². The van der Waals surface area contributed by atoms with Crippen LogP contribution < -0.4 is 0 Å². The molecular formula is C7H10. The van der Waals surface area contributed by atoms with Crippen LogP contribution in [-0.4, -0.2) is 0 Å². The molecule has 0 aromatic rings. The van der Waals surface area contributed by atoms with Gasteiger partial charge in [-0.3, -0.25) is 0 Å². The maximum absolute atomic E-state index is 7.43. The van der Waals surface area contributed by atoms with Crippen molar-refractivity contribution < 1.29 is 1.37 Å². The molecule has 0 N–H and O–H groups in total. The Morgan fingerprint density at radius 2 is 2.43 bits per heavy atom. The Bertz CT molecular complexity index is 122. The molecule has 0 heterocycles. The van der Waals surface area contributed by atoms with E-state index in [0.29, 0.717) is 0 Å². The Kier molecular flexibility index (Phi) is 0.464. The van der Waals surface area contributed by atoms with Crippen LogP contribution in [0, 0.1) is 11.8 Å². The minimum Gasteiger partial charge on any atom is -0.0880 e. The van der Waals surface area contributed by atoms with Gasteiger partial charge in [0.25, 0.3) is 0 Å². The first-order valence-electron chi connectivity index (χ1n) is 3.54. The Hall–Kier alpha value is -0.260. The average Bonchev–Trinajstić information content (AvgIpc) is 1.62. The van der Waals surface area contributed by atoms with Gasteiger partial charge in [-0.1, -0.05) is 12.2 Å². The molecule has 1 fully saturated rings. The molecule has 1 atom stereocenters. The quantitative estimate of drug-likeness (QED) is 0.403. The molecule has 0 aromatic heterocycles. The van der Waals surface area contributed by atoms with E-state index in [9.17, 15) is 0 Å². The van der Waals surface area contributed by atoms with E-state index in [1.54, 1.807) is 0 Å². The number of allylic oxidation sites excluding steroid dienone is 2. The third-order valence-electron chi connectivity index (χ3n) is 1.98. The summed E-state index contributed by atoms with van der Waals surface area (Å²) in [5.41, 5.74) is 0. The molecule has 3 rings (SSSR count). The van der Waals surface area contributed by atoms with Gasteiger partial charge in [-0.15, -0.1) is 0 Å². The SMILES string of the molecule is [2H][C@@H]1C=CC2CC1C2. The van der Waals surface area contributed by atoms with E-state index in [0.717, 1.165) is 11.8 Å². The minimum atomic E-state index is 0.139. The molecule has 0 amide bonds. The molecule has 2 bridgehead atoms. The van der Waals surface area contributed by atoms with Crippen molar-refractivity contribution >= 4 is 0 Å². The van der Waals surface area contributed by atoms with Crippen LogP contribution >= 0.6 is 0 Å². The van der Waals surface area contributed by atoms with Crippen molar-refractivity contribution in [2.45, 2.75) is 19.2 Å². The molecule has 0 saturated heterocycles. The fourth-order valence-corrected chi connectivity index (χ4v) is 1.40. The van der Waals surface area contributed by atoms with Crippen molar-refractivity contribution in [2.75, 3.05) is 0 Å². The summed E-state index contributed by atoms with van der Waals surface area (Å²) < 4.78 is 7.43. The maximum atomic E-state index is 7.43. The lowest BCUT2D eigenvalue weighted by molar-refractivity contribution is 0.225. The van der Waals surface area contributed by atoms with E-state index < -0.39 is 0 Å². The molecule has 0 radical (unpaired) electrons. The van der Waals surface area contributed by atoms with Crippen molar-refractivity contribution in [3.05, 3.63) is 12.2 Å². The Morgan fingerprint density at radius 1 is 1.57 bits per heavy atom. The van der Waals surface area contributed by atoms with Crippen molar-refractivity contribution in [3.63, 3.8) is 0 Å². The predicted molar refractivity (Wildman–Crippen MR) is 30.0 cm³/mol. The monoisotopic (exact) mass is 95.1 g/mol. The normalized spacial score (nSPS) is 58.3. The average molecular weight is 95.2 g/mol. The Morgan fingerprint density at radius 3 is 2.71 bits per heavy atom. The zero-order chi connectivity index (χ0) is 5.56. The number of fused-ring (bicyclic) bond motifs is 1. The highest BCUT2D eigenvalue weighted by Gasteiger charge is 2.28. The second kappa shape index (κ2) is 1.12. The van der Waals surface area contributed by atoms with E-state index in [1.165, 1.54) is 12.8 Å². The molecule has 0 aromatic carbocycles. The summed E-state index contributed by atoms with van der Waals surface area (Å²) in [7, 11) is 0. The van der Waals surface area contributed by atoms with Gasteiger partial charge in [0.2, 0.25) is 0 Å². The van der Waals surface area contributed by atoms with Gasteiger partial charge < -0.3 is 0 Å². The first kappa shape index (κ1) is 2.91. The van der Waals surface area contributed by atoms with Gasteiger partial charge >= 0.3 is 0 Å². The van der Waals surface area contributed by atoms with Gasteiger partial charge in [0.1, 0.15) is 0 Å². The van der Waals surface area contributed by atoms with Crippen molar-refractivity contribution in [1.82, 2.24) is 0 Å². The number of hydrogen-bond acceptors (Lipinski definition) is 0. The fraction of sp³-hybridized carbons (Fsp3) is 0.714. The Labute approximate surface area is 45.6 Å². The van der Waals surface area contributed by atoms with Crippen LogP contribution in [-0.2, 0) is 0 Å². The van der Waals surface area contributed by atoms with Crippen molar-refractivity contribution in [3.8, 4) is 0 Å². The second-order valence-electron chi connectivity index (χ2n) is 2.57. The van der Waals surface area contributed by atoms with E-state index in [4.69, 9.17) is 1.37 Å². The summed E-state index contributed by atoms with van der Waals surface area (Å²) in [6.45, 7) is 0. The Balaban J connectivity index is 2.19. The molecule has 38 valence electrons. The highest BCUT2D eigenvalue weighted by molar-refractivity contribution is 5.03. The smallest absolute Gasteiger partial charge is 0.0312 e. The summed E-state index contributed by atoms with van der Waals surface area (Å²) in [6, 6.07) is 0. The highest BCUT2D eigenvalue weighted by atomic mass is 14.3. The van der Waals surface area contributed by atoms with Gasteiger partial charge in [-0.25, -0.2) is 0 Å². The molecule has 7 heavy (non-hydrogen) atoms. The first-order chi connectivity index (χ1) is 3.86. The lowest BCUT2D eigenvalue weighted by atomic mass is 9.69. The van der Waals surface area contributed by atoms with Gasteiger partial charge in [0, 0.05) is 1.37 Å². The molecular weight excluding hydrogens is 84.1 g/mol. The lowest BCUT2D eigenvalue weighted by Gasteiger charge is -2.36. The van der Waals surface area contributed by atoms with Crippen LogP contribution in [0.2, 0.25) is 0 Å². The van der Waals surface area contributed by atoms with E-state index in [2.05, 4.69) is 6.08 Å². The molecule has 1 saturated carbocycles. The third-order valence-corrected chi connectivity index (χ3v) is 1.98. The summed E-state index contributed by atoms with van der Waals surface area (Å²) >= 11 is 0. The molecule has 3 aliphatic rings. The van der Waals surface area contributed by atoms with Crippen LogP contribution in [0.15, 0.2) is 12.2 Å². The molecule has 0 aliphatic heterocycles. The van der Waals surface area contributed by atoms with Gasteiger partial charge in [-0.2, -0.15) is 0 Å². The highest BCUT2D eigenvalue weighted by Crippen LogP contribution is 2.40. The van der Waals surface area contributed by atoms with Crippen LogP contribution in [0.3, 0.4) is 0 Å². The van der Waals surface area contributed by atoms with Crippen molar-refractivity contribution in [2.24, 2.45) is 11.8 Å².